The summed E-state index contributed by atoms with van der Waals surface area (Å²) in [7, 11) is -3.63. The number of halogens is 1. The van der Waals surface area contributed by atoms with Crippen LogP contribution in [0.2, 0.25) is 0 Å². The largest absolute Gasteiger partial charge is 0.341 e. The van der Waals surface area contributed by atoms with Gasteiger partial charge in [-0.15, -0.1) is 11.3 Å². The summed E-state index contributed by atoms with van der Waals surface area (Å²) in [5.41, 5.74) is 0. The van der Waals surface area contributed by atoms with Crippen molar-refractivity contribution in [2.45, 2.75) is 36.4 Å². The lowest BCUT2D eigenvalue weighted by Gasteiger charge is -2.29. The molecule has 2 rings (SSSR count). The van der Waals surface area contributed by atoms with Crippen LogP contribution in [-0.2, 0) is 14.8 Å². The molecule has 20 heavy (non-hydrogen) atoms. The maximum Gasteiger partial charge on any atom is 0.250 e. The predicted octanol–water partition coefficient (Wildman–Crippen LogP) is 2.19. The van der Waals surface area contributed by atoms with Crippen LogP contribution in [0, 0.1) is 0 Å². The van der Waals surface area contributed by atoms with E-state index in [4.69, 9.17) is 0 Å². The maximum atomic E-state index is 12.2. The molecule has 1 aromatic rings. The Bertz CT molecular complexity index is 579. The number of sulfonamides is 1. The lowest BCUT2D eigenvalue weighted by atomic mass is 10.1. The van der Waals surface area contributed by atoms with Crippen LogP contribution >= 0.6 is 27.3 Å². The van der Waals surface area contributed by atoms with Crippen molar-refractivity contribution < 1.29 is 13.2 Å². The summed E-state index contributed by atoms with van der Waals surface area (Å²) in [6.45, 7) is 3.03. The average molecular weight is 381 g/mol. The summed E-state index contributed by atoms with van der Waals surface area (Å²) in [6, 6.07) is 2.46. The topological polar surface area (TPSA) is 66.5 Å². The second kappa shape index (κ2) is 6.55. The molecule has 2 heterocycles. The van der Waals surface area contributed by atoms with Gasteiger partial charge in [0.15, 0.2) is 0 Å². The van der Waals surface area contributed by atoms with Gasteiger partial charge in [0, 0.05) is 13.1 Å². The number of carbonyl (C=O) groups is 1. The number of rotatable bonds is 4. The molecular weight excluding hydrogens is 364 g/mol. The van der Waals surface area contributed by atoms with Crippen LogP contribution in [-0.4, -0.2) is 38.4 Å². The van der Waals surface area contributed by atoms with E-state index in [0.29, 0.717) is 0 Å². The zero-order chi connectivity index (χ0) is 14.8. The number of hydrogen-bond acceptors (Lipinski definition) is 4. The van der Waals surface area contributed by atoms with Gasteiger partial charge in [0.2, 0.25) is 5.91 Å². The Morgan fingerprint density at radius 3 is 2.55 bits per heavy atom. The minimum absolute atomic E-state index is 0.149. The monoisotopic (exact) mass is 380 g/mol. The van der Waals surface area contributed by atoms with Crippen molar-refractivity contribution in [3.8, 4) is 0 Å². The van der Waals surface area contributed by atoms with E-state index >= 15 is 0 Å². The van der Waals surface area contributed by atoms with E-state index in [9.17, 15) is 13.2 Å². The van der Waals surface area contributed by atoms with Gasteiger partial charge in [0.05, 0.1) is 9.83 Å². The SMILES string of the molecule is C[C@H](NS(=O)(=O)c1ccc(Br)s1)C(=O)N1CCCCC1. The number of amides is 1. The van der Waals surface area contributed by atoms with Gasteiger partial charge in [0.25, 0.3) is 10.0 Å². The van der Waals surface area contributed by atoms with E-state index in [0.717, 1.165) is 47.5 Å². The highest BCUT2D eigenvalue weighted by molar-refractivity contribution is 9.11. The highest BCUT2D eigenvalue weighted by Gasteiger charge is 2.27. The van der Waals surface area contributed by atoms with E-state index in [-0.39, 0.29) is 10.1 Å². The van der Waals surface area contributed by atoms with Gasteiger partial charge in [-0.25, -0.2) is 8.42 Å². The van der Waals surface area contributed by atoms with Gasteiger partial charge in [0.1, 0.15) is 4.21 Å². The third kappa shape index (κ3) is 3.81. The maximum absolute atomic E-state index is 12.2. The molecule has 0 aromatic carbocycles. The van der Waals surface area contributed by atoms with Crippen molar-refractivity contribution in [1.29, 1.82) is 0 Å². The molecule has 1 aromatic heterocycles. The number of nitrogens with one attached hydrogen (secondary N) is 1. The van der Waals surface area contributed by atoms with Crippen molar-refractivity contribution in [3.63, 3.8) is 0 Å². The predicted molar refractivity (Wildman–Crippen MR) is 82.2 cm³/mol. The highest BCUT2D eigenvalue weighted by atomic mass is 79.9. The van der Waals surface area contributed by atoms with Crippen LogP contribution in [0.25, 0.3) is 0 Å². The van der Waals surface area contributed by atoms with Gasteiger partial charge in [-0.2, -0.15) is 4.72 Å². The lowest BCUT2D eigenvalue weighted by Crippen LogP contribution is -2.48. The number of likely N-dealkylation sites (tertiary alicyclic amines) is 1. The third-order valence-electron chi connectivity index (χ3n) is 3.18. The number of nitrogens with zero attached hydrogens (tertiary/aromatic N) is 1. The van der Waals surface area contributed by atoms with Gasteiger partial charge in [-0.3, -0.25) is 4.79 Å². The molecule has 0 radical (unpaired) electrons. The molecule has 1 fully saturated rings. The summed E-state index contributed by atoms with van der Waals surface area (Å²) in [5.74, 6) is -0.149. The minimum atomic E-state index is -3.63. The molecule has 0 saturated carbocycles. The van der Waals surface area contributed by atoms with Gasteiger partial charge in [-0.1, -0.05) is 0 Å². The average Bonchev–Trinajstić information content (AvgIpc) is 2.86. The first-order chi connectivity index (χ1) is 9.40. The first-order valence-corrected chi connectivity index (χ1v) is 9.56. The van der Waals surface area contributed by atoms with Crippen molar-refractivity contribution >= 4 is 43.2 Å². The van der Waals surface area contributed by atoms with Crippen molar-refractivity contribution in [3.05, 3.63) is 15.9 Å². The zero-order valence-electron chi connectivity index (χ0n) is 11.1. The number of thiophene rings is 1. The molecule has 1 N–H and O–H groups in total. The molecule has 1 aliphatic heterocycles. The molecule has 1 amide bonds. The minimum Gasteiger partial charge on any atom is -0.341 e. The Balaban J connectivity index is 2.03. The molecule has 0 unspecified atom stereocenters. The standard InChI is InChI=1S/C12H17BrN2O3S2/c1-9(12(16)15-7-3-2-4-8-15)14-20(17,18)11-6-5-10(13)19-11/h5-6,9,14H,2-4,7-8H2,1H3/t9-/m0/s1. The van der Waals surface area contributed by atoms with Crippen LogP contribution in [0.3, 0.4) is 0 Å². The molecule has 0 bridgehead atoms. The third-order valence-corrected chi connectivity index (χ3v) is 6.84. The molecule has 1 aliphatic rings. The zero-order valence-corrected chi connectivity index (χ0v) is 14.4. The Morgan fingerprint density at radius 2 is 2.00 bits per heavy atom. The summed E-state index contributed by atoms with van der Waals surface area (Å²) >= 11 is 4.36. The number of carbonyl (C=O) groups excluding carboxylic acids is 1. The van der Waals surface area contributed by atoms with Crippen LogP contribution in [0.15, 0.2) is 20.1 Å². The highest BCUT2D eigenvalue weighted by Crippen LogP contribution is 2.26. The second-order valence-corrected chi connectivity index (χ2v) is 9.19. The van der Waals surface area contributed by atoms with Gasteiger partial charge < -0.3 is 4.90 Å². The summed E-state index contributed by atoms with van der Waals surface area (Å²) < 4.78 is 27.7. The van der Waals surface area contributed by atoms with Crippen LogP contribution in [0.4, 0.5) is 0 Å². The van der Waals surface area contributed by atoms with Crippen molar-refractivity contribution in [2.75, 3.05) is 13.1 Å². The van der Waals surface area contributed by atoms with Gasteiger partial charge >= 0.3 is 0 Å². The normalized spacial score (nSPS) is 18.0. The van der Waals surface area contributed by atoms with Crippen molar-refractivity contribution in [2.24, 2.45) is 0 Å². The fourth-order valence-corrected chi connectivity index (χ4v) is 5.39. The molecular formula is C12H17BrN2O3S2. The first kappa shape index (κ1) is 15.9. The Kier molecular flexibility index (Phi) is 5.22. The van der Waals surface area contributed by atoms with Crippen LogP contribution < -0.4 is 4.72 Å². The van der Waals surface area contributed by atoms with Crippen molar-refractivity contribution in [1.82, 2.24) is 9.62 Å². The van der Waals surface area contributed by atoms with E-state index in [1.807, 2.05) is 0 Å². The molecule has 5 nitrogen and oxygen atoms in total. The summed E-state index contributed by atoms with van der Waals surface area (Å²) in [6.07, 6.45) is 3.11. The Hall–Kier alpha value is -0.440. The van der Waals surface area contributed by atoms with Gasteiger partial charge in [-0.05, 0) is 54.2 Å². The van der Waals surface area contributed by atoms with E-state index in [2.05, 4.69) is 20.7 Å². The van der Waals surface area contributed by atoms with E-state index < -0.39 is 16.1 Å². The Labute approximate surface area is 131 Å². The second-order valence-electron chi connectivity index (χ2n) is 4.79. The smallest absolute Gasteiger partial charge is 0.250 e. The van der Waals surface area contributed by atoms with Crippen LogP contribution in [0.5, 0.6) is 0 Å². The summed E-state index contributed by atoms with van der Waals surface area (Å²) in [4.78, 5) is 13.9. The number of piperidine rings is 1. The quantitative estimate of drug-likeness (QED) is 0.870. The lowest BCUT2D eigenvalue weighted by molar-refractivity contribution is -0.133. The van der Waals surface area contributed by atoms with Crippen LogP contribution in [0.1, 0.15) is 26.2 Å². The molecule has 0 spiro atoms. The molecule has 1 saturated heterocycles. The summed E-state index contributed by atoms with van der Waals surface area (Å²) in [5, 5.41) is 0. The van der Waals surface area contributed by atoms with E-state index in [1.165, 1.54) is 6.07 Å². The molecule has 1 atom stereocenters. The first-order valence-electron chi connectivity index (χ1n) is 6.46. The molecule has 0 aliphatic carbocycles. The fraction of sp³-hybridized carbons (Fsp3) is 0.583. The Morgan fingerprint density at radius 1 is 1.35 bits per heavy atom. The fourth-order valence-electron chi connectivity index (χ4n) is 2.17. The molecule has 112 valence electrons. The molecule has 8 heteroatoms. The number of hydrogen-bond donors (Lipinski definition) is 1. The van der Waals surface area contributed by atoms with E-state index in [1.54, 1.807) is 17.9 Å².